The predicted octanol–water partition coefficient (Wildman–Crippen LogP) is 3.04. The molecule has 1 saturated heterocycles. The molecule has 0 saturated carbocycles. The van der Waals surface area contributed by atoms with Crippen LogP contribution in [0.4, 0.5) is 0 Å². The van der Waals surface area contributed by atoms with E-state index in [-0.39, 0.29) is 18.0 Å². The van der Waals surface area contributed by atoms with Gasteiger partial charge in [-0.1, -0.05) is 29.3 Å². The van der Waals surface area contributed by atoms with E-state index in [1.165, 1.54) is 7.11 Å². The number of rotatable bonds is 4. The largest absolute Gasteiger partial charge is 0.469 e. The van der Waals surface area contributed by atoms with Crippen molar-refractivity contribution in [3.05, 3.63) is 33.8 Å². The summed E-state index contributed by atoms with van der Waals surface area (Å²) in [6.07, 6.45) is 0.366. The second-order valence-corrected chi connectivity index (χ2v) is 4.75. The van der Waals surface area contributed by atoms with E-state index in [4.69, 9.17) is 27.9 Å². The number of benzene rings is 1. The molecular weight excluding hydrogens is 263 g/mol. The van der Waals surface area contributed by atoms with E-state index < -0.39 is 0 Å². The van der Waals surface area contributed by atoms with Gasteiger partial charge in [0.1, 0.15) is 0 Å². The Balaban J connectivity index is 2.20. The van der Waals surface area contributed by atoms with Crippen LogP contribution in [0.25, 0.3) is 0 Å². The van der Waals surface area contributed by atoms with Gasteiger partial charge in [0.15, 0.2) is 0 Å². The Bertz CT molecular complexity index is 430. The molecule has 0 N–H and O–H groups in total. The molecule has 0 radical (unpaired) electrons. The fourth-order valence-electron chi connectivity index (χ4n) is 1.76. The van der Waals surface area contributed by atoms with Gasteiger partial charge < -0.3 is 9.47 Å². The summed E-state index contributed by atoms with van der Waals surface area (Å²) in [6, 6.07) is 5.37. The summed E-state index contributed by atoms with van der Waals surface area (Å²) in [6.45, 7) is 0.669. The van der Waals surface area contributed by atoms with Gasteiger partial charge in [0.2, 0.25) is 0 Å². The molecule has 1 fully saturated rings. The number of carbonyl (C=O) groups is 1. The fraction of sp³-hybridized carbons (Fsp3) is 0.417. The third kappa shape index (κ3) is 3.12. The molecule has 1 aliphatic heterocycles. The van der Waals surface area contributed by atoms with Crippen molar-refractivity contribution in [2.24, 2.45) is 0 Å². The highest BCUT2D eigenvalue weighted by atomic mass is 35.5. The van der Waals surface area contributed by atoms with Crippen LogP contribution in [0.5, 0.6) is 0 Å². The Morgan fingerprint density at radius 3 is 2.76 bits per heavy atom. The van der Waals surface area contributed by atoms with Crippen LogP contribution in [0, 0.1) is 0 Å². The lowest BCUT2D eigenvalue weighted by Gasteiger charge is -2.14. The maximum atomic E-state index is 11.3. The monoisotopic (exact) mass is 274 g/mol. The first-order valence-electron chi connectivity index (χ1n) is 5.25. The lowest BCUT2D eigenvalue weighted by Crippen LogP contribution is -2.13. The van der Waals surface area contributed by atoms with E-state index in [0.717, 1.165) is 5.56 Å². The van der Waals surface area contributed by atoms with E-state index in [1.807, 2.05) is 6.07 Å². The minimum Gasteiger partial charge on any atom is -0.469 e. The minimum atomic E-state index is -0.253. The first-order chi connectivity index (χ1) is 8.11. The van der Waals surface area contributed by atoms with Gasteiger partial charge in [-0.05, 0) is 17.7 Å². The molecule has 1 heterocycles. The van der Waals surface area contributed by atoms with Gasteiger partial charge in [-0.15, -0.1) is 0 Å². The number of carbonyl (C=O) groups excluding carboxylic acids is 1. The van der Waals surface area contributed by atoms with Crippen molar-refractivity contribution in [3.8, 4) is 0 Å². The lowest BCUT2D eigenvalue weighted by atomic mass is 9.93. The summed E-state index contributed by atoms with van der Waals surface area (Å²) >= 11 is 11.8. The molecule has 2 unspecified atom stereocenters. The van der Waals surface area contributed by atoms with Crippen molar-refractivity contribution < 1.29 is 14.3 Å². The standard InChI is InChI=1S/C12H12Cl2O3/c1-16-12(15)5-8(11-6-17-11)7-2-3-9(13)10(14)4-7/h2-4,8,11H,5-6H2,1H3. The highest BCUT2D eigenvalue weighted by molar-refractivity contribution is 6.42. The number of esters is 1. The molecule has 1 aromatic carbocycles. The summed E-state index contributed by atoms with van der Waals surface area (Å²) in [5.41, 5.74) is 0.951. The normalized spacial score (nSPS) is 19.8. The van der Waals surface area contributed by atoms with Crippen molar-refractivity contribution in [2.45, 2.75) is 18.4 Å². The smallest absolute Gasteiger partial charge is 0.306 e. The van der Waals surface area contributed by atoms with Crippen LogP contribution in [-0.4, -0.2) is 25.8 Å². The molecule has 92 valence electrons. The van der Waals surface area contributed by atoms with Gasteiger partial charge in [-0.25, -0.2) is 0 Å². The second-order valence-electron chi connectivity index (χ2n) is 3.93. The highest BCUT2D eigenvalue weighted by Gasteiger charge is 2.35. The summed E-state index contributed by atoms with van der Waals surface area (Å²) in [5.74, 6) is -0.270. The van der Waals surface area contributed by atoms with Crippen molar-refractivity contribution in [2.75, 3.05) is 13.7 Å². The van der Waals surface area contributed by atoms with Gasteiger partial charge in [-0.3, -0.25) is 4.79 Å². The number of hydrogen-bond donors (Lipinski definition) is 0. The number of halogens is 2. The van der Waals surface area contributed by atoms with E-state index >= 15 is 0 Å². The summed E-state index contributed by atoms with van der Waals surface area (Å²) in [7, 11) is 1.38. The summed E-state index contributed by atoms with van der Waals surface area (Å²) in [4.78, 5) is 11.3. The third-order valence-corrected chi connectivity index (χ3v) is 3.53. The topological polar surface area (TPSA) is 38.8 Å². The molecular formula is C12H12Cl2O3. The van der Waals surface area contributed by atoms with Crippen molar-refractivity contribution in [3.63, 3.8) is 0 Å². The van der Waals surface area contributed by atoms with E-state index in [1.54, 1.807) is 12.1 Å². The Morgan fingerprint density at radius 2 is 2.24 bits per heavy atom. The average molecular weight is 275 g/mol. The predicted molar refractivity (Wildman–Crippen MR) is 65.6 cm³/mol. The third-order valence-electron chi connectivity index (χ3n) is 2.79. The Hall–Kier alpha value is -0.770. The highest BCUT2D eigenvalue weighted by Crippen LogP contribution is 2.35. The van der Waals surface area contributed by atoms with E-state index in [9.17, 15) is 4.79 Å². The van der Waals surface area contributed by atoms with Gasteiger partial charge in [0.25, 0.3) is 0 Å². The zero-order chi connectivity index (χ0) is 12.4. The Morgan fingerprint density at radius 1 is 1.53 bits per heavy atom. The van der Waals surface area contributed by atoms with Gasteiger partial charge >= 0.3 is 5.97 Å². The molecule has 2 atom stereocenters. The Kier molecular flexibility index (Phi) is 3.92. The first-order valence-corrected chi connectivity index (χ1v) is 6.00. The zero-order valence-corrected chi connectivity index (χ0v) is 10.8. The molecule has 0 aromatic heterocycles. The molecule has 3 nitrogen and oxygen atoms in total. The molecule has 1 aliphatic rings. The SMILES string of the molecule is COC(=O)CC(c1ccc(Cl)c(Cl)c1)C1CO1. The lowest BCUT2D eigenvalue weighted by molar-refractivity contribution is -0.141. The summed E-state index contributed by atoms with van der Waals surface area (Å²) < 4.78 is 9.94. The van der Waals surface area contributed by atoms with Crippen molar-refractivity contribution in [1.82, 2.24) is 0 Å². The maximum Gasteiger partial charge on any atom is 0.306 e. The van der Waals surface area contributed by atoms with Gasteiger partial charge in [0, 0.05) is 5.92 Å². The van der Waals surface area contributed by atoms with Crippen LogP contribution in [0.1, 0.15) is 17.9 Å². The fourth-order valence-corrected chi connectivity index (χ4v) is 2.06. The van der Waals surface area contributed by atoms with Crippen LogP contribution in [0.3, 0.4) is 0 Å². The van der Waals surface area contributed by atoms with Gasteiger partial charge in [0.05, 0.1) is 36.3 Å². The number of epoxide rings is 1. The van der Waals surface area contributed by atoms with Crippen LogP contribution >= 0.6 is 23.2 Å². The average Bonchev–Trinajstić information content (AvgIpc) is 3.13. The van der Waals surface area contributed by atoms with Crippen molar-refractivity contribution >= 4 is 29.2 Å². The Labute approximate surface area is 110 Å². The first kappa shape index (κ1) is 12.7. The second kappa shape index (κ2) is 5.25. The quantitative estimate of drug-likeness (QED) is 0.626. The van der Waals surface area contributed by atoms with Crippen LogP contribution < -0.4 is 0 Å². The molecule has 2 rings (SSSR count). The molecule has 1 aromatic rings. The number of methoxy groups -OCH3 is 1. The van der Waals surface area contributed by atoms with Crippen LogP contribution in [0.15, 0.2) is 18.2 Å². The van der Waals surface area contributed by atoms with Crippen molar-refractivity contribution in [1.29, 1.82) is 0 Å². The maximum absolute atomic E-state index is 11.3. The van der Waals surface area contributed by atoms with Crippen LogP contribution in [-0.2, 0) is 14.3 Å². The number of ether oxygens (including phenoxy) is 2. The molecule has 0 spiro atoms. The molecule has 0 amide bonds. The minimum absolute atomic E-state index is 0.0165. The zero-order valence-electron chi connectivity index (χ0n) is 9.28. The molecule has 0 bridgehead atoms. The van der Waals surface area contributed by atoms with Gasteiger partial charge in [-0.2, -0.15) is 0 Å². The van der Waals surface area contributed by atoms with Crippen LogP contribution in [0.2, 0.25) is 10.0 Å². The molecule has 0 aliphatic carbocycles. The number of hydrogen-bond acceptors (Lipinski definition) is 3. The molecule has 5 heteroatoms. The molecule has 17 heavy (non-hydrogen) atoms. The summed E-state index contributed by atoms with van der Waals surface area (Å²) in [5, 5.41) is 0.989. The van der Waals surface area contributed by atoms with E-state index in [2.05, 4.69) is 4.74 Å². The van der Waals surface area contributed by atoms with E-state index in [0.29, 0.717) is 23.1 Å².